The molecule has 9 nitrogen and oxygen atoms in total. The molecule has 1 aromatic carbocycles. The van der Waals surface area contributed by atoms with E-state index in [1.807, 2.05) is 23.4 Å². The van der Waals surface area contributed by atoms with Crippen LogP contribution in [0.3, 0.4) is 0 Å². The van der Waals surface area contributed by atoms with E-state index >= 15 is 0 Å². The van der Waals surface area contributed by atoms with Gasteiger partial charge in [0.15, 0.2) is 0 Å². The van der Waals surface area contributed by atoms with Crippen LogP contribution in [-0.4, -0.2) is 78.2 Å². The van der Waals surface area contributed by atoms with Crippen molar-refractivity contribution in [3.05, 3.63) is 42.7 Å². The maximum atomic E-state index is 11.9. The molecule has 0 bridgehead atoms. The zero-order chi connectivity index (χ0) is 24.3. The van der Waals surface area contributed by atoms with Crippen LogP contribution in [0.1, 0.15) is 19.8 Å². The number of para-hydroxylation sites is 1. The van der Waals surface area contributed by atoms with E-state index in [0.29, 0.717) is 11.4 Å². The molecule has 9 heteroatoms. The van der Waals surface area contributed by atoms with Crippen molar-refractivity contribution in [1.82, 2.24) is 19.9 Å². The van der Waals surface area contributed by atoms with Crippen LogP contribution in [0.5, 0.6) is 0 Å². The van der Waals surface area contributed by atoms with Gasteiger partial charge in [0.2, 0.25) is 11.9 Å². The van der Waals surface area contributed by atoms with Gasteiger partial charge in [-0.05, 0) is 31.0 Å². The van der Waals surface area contributed by atoms with Gasteiger partial charge in [-0.2, -0.15) is 0 Å². The van der Waals surface area contributed by atoms with Gasteiger partial charge in [0.05, 0.1) is 41.7 Å². The van der Waals surface area contributed by atoms with Gasteiger partial charge in [-0.1, -0.05) is 12.1 Å². The molecule has 1 unspecified atom stereocenters. The lowest BCUT2D eigenvalue weighted by atomic mass is 9.78. The first-order valence-electron chi connectivity index (χ1n) is 12.8. The molecule has 0 aliphatic carbocycles. The summed E-state index contributed by atoms with van der Waals surface area (Å²) in [5.74, 6) is 1.46. The van der Waals surface area contributed by atoms with Crippen LogP contribution in [0, 0.1) is 10.8 Å². The highest BCUT2D eigenvalue weighted by molar-refractivity contribution is 5.91. The van der Waals surface area contributed by atoms with Gasteiger partial charge >= 0.3 is 0 Å². The van der Waals surface area contributed by atoms with Crippen molar-refractivity contribution in [2.75, 3.05) is 67.6 Å². The van der Waals surface area contributed by atoms with Crippen LogP contribution in [0.25, 0.3) is 10.9 Å². The number of carbonyl (C=O) groups is 1. The Labute approximate surface area is 210 Å². The van der Waals surface area contributed by atoms with Gasteiger partial charge in [-0.15, -0.1) is 0 Å². The summed E-state index contributed by atoms with van der Waals surface area (Å²) >= 11 is 0. The Kier molecular flexibility index (Phi) is 4.86. The fourth-order valence-corrected chi connectivity index (χ4v) is 6.31. The summed E-state index contributed by atoms with van der Waals surface area (Å²) in [5.41, 5.74) is 3.78. The Morgan fingerprint density at radius 1 is 0.944 bits per heavy atom. The average molecular weight is 486 g/mol. The van der Waals surface area contributed by atoms with Crippen molar-refractivity contribution >= 4 is 40.0 Å². The number of pyridine rings is 1. The molecule has 0 saturated carbocycles. The zero-order valence-electron chi connectivity index (χ0n) is 20.6. The summed E-state index contributed by atoms with van der Waals surface area (Å²) in [6, 6.07) is 10.4. The van der Waals surface area contributed by atoms with Gasteiger partial charge in [-0.3, -0.25) is 4.79 Å². The van der Waals surface area contributed by atoms with Gasteiger partial charge in [0, 0.05) is 63.2 Å². The second kappa shape index (κ2) is 8.03. The molecular formula is C27H31N7O2. The number of nitrogens with one attached hydrogen (secondary N) is 1. The van der Waals surface area contributed by atoms with Crippen LogP contribution < -0.4 is 15.1 Å². The summed E-state index contributed by atoms with van der Waals surface area (Å²) in [6.45, 7) is 9.19. The quantitative estimate of drug-likeness (QED) is 0.604. The number of carbonyl (C=O) groups excluding carboxylic acids is 1. The number of fused-ring (bicyclic) bond motifs is 1. The summed E-state index contributed by atoms with van der Waals surface area (Å²) in [6.07, 6.45) is 5.96. The highest BCUT2D eigenvalue weighted by atomic mass is 16.5. The maximum absolute atomic E-state index is 11.9. The lowest BCUT2D eigenvalue weighted by Crippen LogP contribution is -2.66. The smallest absolute Gasteiger partial charge is 0.228 e. The van der Waals surface area contributed by atoms with E-state index in [0.717, 1.165) is 93.4 Å². The highest BCUT2D eigenvalue weighted by Crippen LogP contribution is 2.43. The molecule has 2 aromatic heterocycles. The Balaban J connectivity index is 1.08. The number of ether oxygens (including phenoxy) is 1. The van der Waals surface area contributed by atoms with E-state index in [9.17, 15) is 4.79 Å². The third-order valence-electron chi connectivity index (χ3n) is 8.47. The Morgan fingerprint density at radius 3 is 2.50 bits per heavy atom. The van der Waals surface area contributed by atoms with Crippen LogP contribution in [-0.2, 0) is 9.53 Å². The fraction of sp³-hybridized carbons (Fsp3) is 0.481. The fourth-order valence-electron chi connectivity index (χ4n) is 6.31. The van der Waals surface area contributed by atoms with Crippen LogP contribution in [0.15, 0.2) is 42.7 Å². The SMILES string of the molecule is CC(=O)N1CCC2(CCN(c3cccc4cnc(Nc5ccc(N6CC7(COC7)C6)cn5)nc34)C2)C1. The first kappa shape index (κ1) is 21.8. The number of nitrogens with zero attached hydrogens (tertiary/aromatic N) is 6. The van der Waals surface area contributed by atoms with Crippen molar-refractivity contribution in [1.29, 1.82) is 0 Å². The Hall–Kier alpha value is -3.46. The Bertz CT molecular complexity index is 1320. The zero-order valence-corrected chi connectivity index (χ0v) is 20.6. The number of amides is 1. The van der Waals surface area contributed by atoms with Crippen molar-refractivity contribution in [2.24, 2.45) is 10.8 Å². The number of likely N-dealkylation sites (tertiary alicyclic amines) is 1. The predicted octanol–water partition coefficient (Wildman–Crippen LogP) is 3.05. The topological polar surface area (TPSA) is 86.7 Å². The van der Waals surface area contributed by atoms with Gasteiger partial charge in [0.1, 0.15) is 5.82 Å². The molecule has 4 aliphatic rings. The second-order valence-corrected chi connectivity index (χ2v) is 11.1. The van der Waals surface area contributed by atoms with Crippen LogP contribution in [0.2, 0.25) is 0 Å². The van der Waals surface area contributed by atoms with Gasteiger partial charge < -0.3 is 24.8 Å². The number of aromatic nitrogens is 3. The van der Waals surface area contributed by atoms with E-state index < -0.39 is 0 Å². The molecule has 1 N–H and O–H groups in total. The molecule has 6 heterocycles. The largest absolute Gasteiger partial charge is 0.380 e. The molecule has 36 heavy (non-hydrogen) atoms. The van der Waals surface area contributed by atoms with Crippen LogP contribution >= 0.6 is 0 Å². The van der Waals surface area contributed by atoms with Crippen molar-refractivity contribution in [3.63, 3.8) is 0 Å². The maximum Gasteiger partial charge on any atom is 0.228 e. The third kappa shape index (κ3) is 3.64. The summed E-state index contributed by atoms with van der Waals surface area (Å²) < 4.78 is 5.37. The minimum atomic E-state index is 0.183. The number of rotatable bonds is 4. The van der Waals surface area contributed by atoms with E-state index in [1.165, 1.54) is 0 Å². The van der Waals surface area contributed by atoms with Crippen molar-refractivity contribution in [2.45, 2.75) is 19.8 Å². The van der Waals surface area contributed by atoms with E-state index in [4.69, 9.17) is 9.72 Å². The summed E-state index contributed by atoms with van der Waals surface area (Å²) in [7, 11) is 0. The Morgan fingerprint density at radius 2 is 1.78 bits per heavy atom. The number of hydrogen-bond acceptors (Lipinski definition) is 8. The van der Waals surface area contributed by atoms with E-state index in [2.05, 4.69) is 49.4 Å². The molecule has 4 fully saturated rings. The standard InChI is InChI=1S/C27H31N7O2/c1-19(35)32-9-7-26(13-32)8-10-33(14-26)22-4-2-3-20-11-29-25(31-24(20)22)30-23-6-5-21(12-28-23)34-15-27(16-34)17-36-18-27/h2-6,11-12H,7-10,13-18H2,1H3,(H,28,29,30,31). The molecule has 1 atom stereocenters. The second-order valence-electron chi connectivity index (χ2n) is 11.1. The lowest BCUT2D eigenvalue weighted by molar-refractivity contribution is -0.128. The first-order chi connectivity index (χ1) is 17.5. The molecular weight excluding hydrogens is 454 g/mol. The van der Waals surface area contributed by atoms with E-state index in [1.54, 1.807) is 6.92 Å². The molecule has 2 spiro atoms. The highest BCUT2D eigenvalue weighted by Gasteiger charge is 2.49. The molecule has 4 aliphatic heterocycles. The molecule has 4 saturated heterocycles. The minimum absolute atomic E-state index is 0.183. The monoisotopic (exact) mass is 485 g/mol. The van der Waals surface area contributed by atoms with Crippen molar-refractivity contribution < 1.29 is 9.53 Å². The summed E-state index contributed by atoms with van der Waals surface area (Å²) in [4.78, 5) is 32.7. The number of hydrogen-bond donors (Lipinski definition) is 1. The van der Waals surface area contributed by atoms with Crippen molar-refractivity contribution in [3.8, 4) is 0 Å². The third-order valence-corrected chi connectivity index (χ3v) is 8.47. The molecule has 1 amide bonds. The predicted molar refractivity (Wildman–Crippen MR) is 139 cm³/mol. The molecule has 7 rings (SSSR count). The summed E-state index contributed by atoms with van der Waals surface area (Å²) in [5, 5.41) is 4.31. The van der Waals surface area contributed by atoms with Gasteiger partial charge in [0.25, 0.3) is 0 Å². The lowest BCUT2D eigenvalue weighted by Gasteiger charge is -2.55. The minimum Gasteiger partial charge on any atom is -0.380 e. The molecule has 186 valence electrons. The molecule has 3 aromatic rings. The molecule has 0 radical (unpaired) electrons. The average Bonchev–Trinajstić information content (AvgIpc) is 3.45. The number of anilines is 4. The van der Waals surface area contributed by atoms with Gasteiger partial charge in [-0.25, -0.2) is 15.0 Å². The first-order valence-corrected chi connectivity index (χ1v) is 12.8. The van der Waals surface area contributed by atoms with E-state index in [-0.39, 0.29) is 11.3 Å². The van der Waals surface area contributed by atoms with Crippen LogP contribution in [0.4, 0.5) is 23.1 Å². The number of benzene rings is 1. The normalized spacial score (nSPS) is 24.4.